The van der Waals surface area contributed by atoms with E-state index in [0.717, 1.165) is 37.7 Å². The zero-order chi connectivity index (χ0) is 27.4. The SMILES string of the molecule is C[C@]12CC[C@H]3[C@@H](CC[C@H]4C[C@H]5O[C@@H]6O[C@H](CO)C[C@@H](O)[C@]6(O)O[C@@H]5C[C@@]43CO)[C@]1(O)CC[C@@H]2C1=CC(=O)OC1. The summed E-state index contributed by atoms with van der Waals surface area (Å²) in [5, 5.41) is 55.1. The van der Waals surface area contributed by atoms with Crippen LogP contribution in [0.4, 0.5) is 0 Å². The van der Waals surface area contributed by atoms with Gasteiger partial charge >= 0.3 is 5.97 Å². The fraction of sp³-hybridized carbons (Fsp3) is 0.897. The Morgan fingerprint density at radius 2 is 1.82 bits per heavy atom. The highest BCUT2D eigenvalue weighted by atomic mass is 16.8. The zero-order valence-corrected chi connectivity index (χ0v) is 22.5. The molecule has 7 rings (SSSR count). The van der Waals surface area contributed by atoms with Crippen LogP contribution < -0.4 is 0 Å². The summed E-state index contributed by atoms with van der Waals surface area (Å²) < 4.78 is 23.4. The summed E-state index contributed by atoms with van der Waals surface area (Å²) in [6.07, 6.45) is 3.58. The maximum Gasteiger partial charge on any atom is 0.331 e. The third-order valence-electron chi connectivity index (χ3n) is 12.4. The highest BCUT2D eigenvalue weighted by molar-refractivity contribution is 5.85. The van der Waals surface area contributed by atoms with Gasteiger partial charge in [-0.05, 0) is 80.6 Å². The molecule has 0 aromatic rings. The number of cyclic esters (lactones) is 1. The lowest BCUT2D eigenvalue weighted by Crippen LogP contribution is -2.71. The van der Waals surface area contributed by atoms with Gasteiger partial charge in [-0.25, -0.2) is 4.79 Å². The average Bonchev–Trinajstić information content (AvgIpc) is 3.46. The second-order valence-corrected chi connectivity index (χ2v) is 13.7. The number of aliphatic hydroxyl groups excluding tert-OH is 3. The first-order chi connectivity index (χ1) is 18.6. The Morgan fingerprint density at radius 1 is 1.00 bits per heavy atom. The minimum atomic E-state index is -2.04. The van der Waals surface area contributed by atoms with Crippen molar-refractivity contribution in [3.05, 3.63) is 11.6 Å². The van der Waals surface area contributed by atoms with Crippen LogP contribution in [0.15, 0.2) is 11.6 Å². The van der Waals surface area contributed by atoms with Crippen molar-refractivity contribution in [1.82, 2.24) is 0 Å². The molecule has 2 saturated heterocycles. The van der Waals surface area contributed by atoms with Crippen molar-refractivity contribution >= 4 is 5.97 Å². The molecular formula is C29H42O10. The molecule has 0 unspecified atom stereocenters. The van der Waals surface area contributed by atoms with E-state index >= 15 is 0 Å². The number of rotatable bonds is 3. The average molecular weight is 551 g/mol. The van der Waals surface area contributed by atoms with Gasteiger partial charge in [0.1, 0.15) is 12.7 Å². The number of fused-ring (bicyclic) bond motifs is 7. The number of carbonyl (C=O) groups is 1. The van der Waals surface area contributed by atoms with Crippen molar-refractivity contribution in [3.8, 4) is 0 Å². The summed E-state index contributed by atoms with van der Waals surface area (Å²) in [5.74, 6) is -1.99. The van der Waals surface area contributed by atoms with E-state index in [1.165, 1.54) is 0 Å². The number of aliphatic hydroxyl groups is 5. The molecule has 3 heterocycles. The van der Waals surface area contributed by atoms with Crippen LogP contribution in [0.3, 0.4) is 0 Å². The summed E-state index contributed by atoms with van der Waals surface area (Å²) in [5.41, 5.74) is -0.771. The molecule has 4 saturated carbocycles. The molecular weight excluding hydrogens is 508 g/mol. The number of carbonyl (C=O) groups excluding carboxylic acids is 1. The second-order valence-electron chi connectivity index (χ2n) is 13.7. The van der Waals surface area contributed by atoms with E-state index in [1.54, 1.807) is 6.08 Å². The largest absolute Gasteiger partial charge is 0.458 e. The van der Waals surface area contributed by atoms with Gasteiger partial charge in [0.2, 0.25) is 12.1 Å². The van der Waals surface area contributed by atoms with Crippen LogP contribution in [-0.2, 0) is 23.7 Å². The van der Waals surface area contributed by atoms with Crippen LogP contribution in [0.25, 0.3) is 0 Å². The summed E-state index contributed by atoms with van der Waals surface area (Å²) >= 11 is 0. The quantitative estimate of drug-likeness (QED) is 0.251. The van der Waals surface area contributed by atoms with Gasteiger partial charge < -0.3 is 44.5 Å². The summed E-state index contributed by atoms with van der Waals surface area (Å²) in [6, 6.07) is 0. The lowest BCUT2D eigenvalue weighted by Gasteiger charge is -2.66. The standard InChI is InChI=1S/C29H42O10/c1-26-6-4-19-20(28(26,34)7-5-18(26)15-8-24(33)36-13-15)3-2-16-9-21-22(11-27(16,19)14-31)39-29(35)23(32)10-17(12-30)37-25(29)38-21/h8,16-23,25,30-32,34-35H,2-7,9-14H2,1H3/t16-,17-,18+,19-,20+,21+,22+,23+,25-,26+,27+,28+,29-/m0/s1. The van der Waals surface area contributed by atoms with Gasteiger partial charge in [-0.15, -0.1) is 0 Å². The van der Waals surface area contributed by atoms with E-state index in [2.05, 4.69) is 6.92 Å². The van der Waals surface area contributed by atoms with E-state index in [-0.39, 0.29) is 60.8 Å². The maximum absolute atomic E-state index is 12.5. The normalized spacial score (nSPS) is 56.4. The molecule has 13 atom stereocenters. The molecule has 39 heavy (non-hydrogen) atoms. The van der Waals surface area contributed by atoms with Gasteiger partial charge in [0.25, 0.3) is 0 Å². The fourth-order valence-electron chi connectivity index (χ4n) is 10.4. The molecule has 0 amide bonds. The molecule has 4 aliphatic carbocycles. The number of hydrogen-bond acceptors (Lipinski definition) is 10. The molecule has 10 heteroatoms. The molecule has 6 fully saturated rings. The van der Waals surface area contributed by atoms with Crippen molar-refractivity contribution in [2.75, 3.05) is 19.8 Å². The van der Waals surface area contributed by atoms with Crippen molar-refractivity contribution in [2.45, 2.75) is 107 Å². The van der Waals surface area contributed by atoms with Crippen LogP contribution in [0.1, 0.15) is 64.7 Å². The lowest BCUT2D eigenvalue weighted by molar-refractivity contribution is -0.460. The summed E-state index contributed by atoms with van der Waals surface area (Å²) in [4.78, 5) is 11.8. The van der Waals surface area contributed by atoms with Gasteiger partial charge in [0.05, 0.1) is 30.5 Å². The van der Waals surface area contributed by atoms with Crippen LogP contribution in [0.2, 0.25) is 0 Å². The summed E-state index contributed by atoms with van der Waals surface area (Å²) in [6.45, 7) is 2.16. The summed E-state index contributed by atoms with van der Waals surface area (Å²) in [7, 11) is 0. The first-order valence-corrected chi connectivity index (χ1v) is 14.8. The molecule has 218 valence electrons. The minimum Gasteiger partial charge on any atom is -0.458 e. The number of esters is 1. The van der Waals surface area contributed by atoms with Gasteiger partial charge in [-0.2, -0.15) is 0 Å². The van der Waals surface area contributed by atoms with Gasteiger partial charge in [-0.1, -0.05) is 6.92 Å². The molecule has 0 spiro atoms. The highest BCUT2D eigenvalue weighted by Gasteiger charge is 2.70. The van der Waals surface area contributed by atoms with Crippen molar-refractivity contribution < 1.29 is 49.3 Å². The topological polar surface area (TPSA) is 155 Å². The van der Waals surface area contributed by atoms with Gasteiger partial charge in [0, 0.05) is 29.9 Å². The molecule has 0 aromatic heterocycles. The van der Waals surface area contributed by atoms with Crippen LogP contribution >= 0.6 is 0 Å². The predicted octanol–water partition coefficient (Wildman–Crippen LogP) is 0.767. The second kappa shape index (κ2) is 8.94. The van der Waals surface area contributed by atoms with Crippen LogP contribution in [-0.4, -0.2) is 93.4 Å². The Morgan fingerprint density at radius 3 is 2.54 bits per heavy atom. The monoisotopic (exact) mass is 550 g/mol. The zero-order valence-electron chi connectivity index (χ0n) is 22.5. The first kappa shape index (κ1) is 26.8. The van der Waals surface area contributed by atoms with Crippen molar-refractivity contribution in [2.24, 2.45) is 34.5 Å². The Labute approximate surface area is 228 Å². The van der Waals surface area contributed by atoms with Crippen molar-refractivity contribution in [3.63, 3.8) is 0 Å². The van der Waals surface area contributed by atoms with E-state index in [0.29, 0.717) is 25.9 Å². The van der Waals surface area contributed by atoms with Gasteiger partial charge in [0.15, 0.2) is 0 Å². The van der Waals surface area contributed by atoms with Crippen LogP contribution in [0, 0.1) is 34.5 Å². The Hall–Kier alpha value is -1.11. The van der Waals surface area contributed by atoms with E-state index in [1.807, 2.05) is 0 Å². The Balaban J connectivity index is 1.17. The highest BCUT2D eigenvalue weighted by Crippen LogP contribution is 2.70. The molecule has 0 aromatic carbocycles. The number of hydrogen-bond donors (Lipinski definition) is 5. The van der Waals surface area contributed by atoms with Crippen LogP contribution in [0.5, 0.6) is 0 Å². The first-order valence-electron chi connectivity index (χ1n) is 14.8. The smallest absolute Gasteiger partial charge is 0.331 e. The van der Waals surface area contributed by atoms with E-state index in [9.17, 15) is 30.3 Å². The maximum atomic E-state index is 12.5. The number of ether oxygens (including phenoxy) is 4. The minimum absolute atomic E-state index is 0.00841. The lowest BCUT2D eigenvalue weighted by atomic mass is 9.42. The molecule has 0 bridgehead atoms. The molecule has 5 N–H and O–H groups in total. The van der Waals surface area contributed by atoms with Crippen molar-refractivity contribution in [1.29, 1.82) is 0 Å². The molecule has 7 aliphatic rings. The molecule has 0 radical (unpaired) electrons. The third-order valence-corrected chi connectivity index (χ3v) is 12.4. The van der Waals surface area contributed by atoms with Gasteiger partial charge in [-0.3, -0.25) is 0 Å². The fourth-order valence-corrected chi connectivity index (χ4v) is 10.4. The predicted molar refractivity (Wildman–Crippen MR) is 134 cm³/mol. The molecule has 3 aliphatic heterocycles. The van der Waals surface area contributed by atoms with E-state index in [4.69, 9.17) is 18.9 Å². The van der Waals surface area contributed by atoms with E-state index < -0.39 is 41.4 Å². The molecule has 10 nitrogen and oxygen atoms in total. The Bertz CT molecular complexity index is 1050. The third kappa shape index (κ3) is 3.52. The Kier molecular flexibility index (Phi) is 6.14.